The molecule has 1 heterocycles. The van der Waals surface area contributed by atoms with E-state index in [0.29, 0.717) is 11.3 Å². The second-order valence-corrected chi connectivity index (χ2v) is 6.07. The predicted molar refractivity (Wildman–Crippen MR) is 69.2 cm³/mol. The summed E-state index contributed by atoms with van der Waals surface area (Å²) in [5, 5.41) is 9.45. The standard InChI is InChI=1S/C11H18ClN3S/c1-3-10-13-14-11(12)15(10)8-5-6-9(7-8)16-4-2/h8-9H,3-7H2,1-2H3. The van der Waals surface area contributed by atoms with Gasteiger partial charge in [-0.15, -0.1) is 10.2 Å². The van der Waals surface area contributed by atoms with Crippen LogP contribution < -0.4 is 0 Å². The molecule has 0 bridgehead atoms. The Kier molecular flexibility index (Phi) is 4.14. The minimum atomic E-state index is 0.515. The van der Waals surface area contributed by atoms with Gasteiger partial charge in [-0.2, -0.15) is 11.8 Å². The Balaban J connectivity index is 2.10. The largest absolute Gasteiger partial charge is 0.299 e. The molecule has 16 heavy (non-hydrogen) atoms. The first-order valence-electron chi connectivity index (χ1n) is 5.97. The molecule has 0 aromatic carbocycles. The molecule has 0 radical (unpaired) electrons. The van der Waals surface area contributed by atoms with Crippen LogP contribution in [0.25, 0.3) is 0 Å². The van der Waals surface area contributed by atoms with E-state index in [1.165, 1.54) is 25.0 Å². The van der Waals surface area contributed by atoms with Crippen LogP contribution in [0.1, 0.15) is 45.0 Å². The molecule has 3 nitrogen and oxygen atoms in total. The van der Waals surface area contributed by atoms with Gasteiger partial charge < -0.3 is 0 Å². The van der Waals surface area contributed by atoms with Crippen molar-refractivity contribution in [1.82, 2.24) is 14.8 Å². The van der Waals surface area contributed by atoms with Gasteiger partial charge in [0, 0.05) is 17.7 Å². The Morgan fingerprint density at radius 2 is 2.19 bits per heavy atom. The Bertz CT molecular complexity index is 353. The quantitative estimate of drug-likeness (QED) is 0.831. The number of aryl methyl sites for hydroxylation is 1. The average molecular weight is 260 g/mol. The summed E-state index contributed by atoms with van der Waals surface area (Å²) in [7, 11) is 0. The minimum Gasteiger partial charge on any atom is -0.299 e. The summed E-state index contributed by atoms with van der Waals surface area (Å²) in [6.07, 6.45) is 4.62. The molecule has 1 aromatic heterocycles. The zero-order valence-corrected chi connectivity index (χ0v) is 11.4. The highest BCUT2D eigenvalue weighted by Gasteiger charge is 2.28. The summed E-state index contributed by atoms with van der Waals surface area (Å²) in [6.45, 7) is 4.32. The third kappa shape index (κ3) is 2.38. The van der Waals surface area contributed by atoms with Gasteiger partial charge in [0.2, 0.25) is 5.28 Å². The highest BCUT2D eigenvalue weighted by molar-refractivity contribution is 7.99. The average Bonchev–Trinajstić information content (AvgIpc) is 2.85. The number of nitrogens with zero attached hydrogens (tertiary/aromatic N) is 3. The van der Waals surface area contributed by atoms with E-state index in [4.69, 9.17) is 11.6 Å². The maximum atomic E-state index is 6.11. The van der Waals surface area contributed by atoms with Gasteiger partial charge in [-0.25, -0.2) is 0 Å². The van der Waals surface area contributed by atoms with Crippen LogP contribution in [0, 0.1) is 0 Å². The third-order valence-corrected chi connectivity index (χ3v) is 4.66. The van der Waals surface area contributed by atoms with Crippen LogP contribution in [0.4, 0.5) is 0 Å². The first-order valence-corrected chi connectivity index (χ1v) is 7.39. The Morgan fingerprint density at radius 3 is 2.88 bits per heavy atom. The lowest BCUT2D eigenvalue weighted by atomic mass is 10.2. The Morgan fingerprint density at radius 1 is 1.38 bits per heavy atom. The van der Waals surface area contributed by atoms with E-state index in [0.717, 1.165) is 17.5 Å². The first kappa shape index (κ1) is 12.2. The van der Waals surface area contributed by atoms with E-state index in [-0.39, 0.29) is 0 Å². The second-order valence-electron chi connectivity index (χ2n) is 4.15. The molecule has 0 spiro atoms. The van der Waals surface area contributed by atoms with Gasteiger partial charge in [0.1, 0.15) is 5.82 Å². The van der Waals surface area contributed by atoms with E-state index < -0.39 is 0 Å². The van der Waals surface area contributed by atoms with Crippen LogP contribution in [0.3, 0.4) is 0 Å². The third-order valence-electron chi connectivity index (χ3n) is 3.17. The molecule has 2 atom stereocenters. The van der Waals surface area contributed by atoms with Crippen molar-refractivity contribution < 1.29 is 0 Å². The molecule has 5 heteroatoms. The lowest BCUT2D eigenvalue weighted by molar-refractivity contribution is 0.500. The molecule has 0 saturated heterocycles. The molecule has 90 valence electrons. The van der Waals surface area contributed by atoms with E-state index in [1.54, 1.807) is 0 Å². The number of aromatic nitrogens is 3. The SMILES string of the molecule is CCSC1CCC(n2c(Cl)nnc2CC)C1. The molecule has 1 aliphatic carbocycles. The van der Waals surface area contributed by atoms with Gasteiger partial charge in [0.25, 0.3) is 0 Å². The fourth-order valence-electron chi connectivity index (χ4n) is 2.44. The maximum Gasteiger partial charge on any atom is 0.225 e. The van der Waals surface area contributed by atoms with Gasteiger partial charge in [0.05, 0.1) is 0 Å². The van der Waals surface area contributed by atoms with Crippen molar-refractivity contribution in [2.45, 2.75) is 50.8 Å². The van der Waals surface area contributed by atoms with Crippen molar-refractivity contribution in [2.24, 2.45) is 0 Å². The number of halogens is 1. The zero-order valence-electron chi connectivity index (χ0n) is 9.82. The van der Waals surface area contributed by atoms with Crippen LogP contribution in [0.5, 0.6) is 0 Å². The summed E-state index contributed by atoms with van der Waals surface area (Å²) >= 11 is 8.17. The van der Waals surface area contributed by atoms with Gasteiger partial charge in [-0.1, -0.05) is 13.8 Å². The molecule has 1 fully saturated rings. The Hall–Kier alpha value is -0.220. The van der Waals surface area contributed by atoms with Crippen LogP contribution >= 0.6 is 23.4 Å². The molecular weight excluding hydrogens is 242 g/mol. The number of rotatable bonds is 4. The van der Waals surface area contributed by atoms with Crippen LogP contribution in [-0.2, 0) is 6.42 Å². The highest BCUT2D eigenvalue weighted by atomic mass is 35.5. The van der Waals surface area contributed by atoms with E-state index >= 15 is 0 Å². The van der Waals surface area contributed by atoms with Crippen molar-refractivity contribution in [1.29, 1.82) is 0 Å². The monoisotopic (exact) mass is 259 g/mol. The molecule has 1 aromatic rings. The molecule has 0 N–H and O–H groups in total. The Labute approximate surface area is 106 Å². The molecule has 1 aliphatic rings. The van der Waals surface area contributed by atoms with Crippen LogP contribution in [0.2, 0.25) is 5.28 Å². The molecule has 0 amide bonds. The molecule has 0 aliphatic heterocycles. The topological polar surface area (TPSA) is 30.7 Å². The zero-order chi connectivity index (χ0) is 11.5. The van der Waals surface area contributed by atoms with Crippen LogP contribution in [0.15, 0.2) is 0 Å². The van der Waals surface area contributed by atoms with Crippen molar-refractivity contribution in [3.63, 3.8) is 0 Å². The van der Waals surface area contributed by atoms with Gasteiger partial charge in [0.15, 0.2) is 0 Å². The summed E-state index contributed by atoms with van der Waals surface area (Å²) in [4.78, 5) is 0. The minimum absolute atomic E-state index is 0.515. The fourth-order valence-corrected chi connectivity index (χ4v) is 3.85. The first-order chi connectivity index (χ1) is 7.76. The van der Waals surface area contributed by atoms with Crippen molar-refractivity contribution in [3.05, 3.63) is 11.1 Å². The summed E-state index contributed by atoms with van der Waals surface area (Å²) in [6, 6.07) is 0.515. The lowest BCUT2D eigenvalue weighted by Gasteiger charge is -2.15. The summed E-state index contributed by atoms with van der Waals surface area (Å²) in [5.74, 6) is 2.23. The highest BCUT2D eigenvalue weighted by Crippen LogP contribution is 2.38. The van der Waals surface area contributed by atoms with Gasteiger partial charge >= 0.3 is 0 Å². The fraction of sp³-hybridized carbons (Fsp3) is 0.818. The van der Waals surface area contributed by atoms with E-state index in [1.807, 2.05) is 0 Å². The summed E-state index contributed by atoms with van der Waals surface area (Å²) < 4.78 is 2.14. The molecule has 1 saturated carbocycles. The van der Waals surface area contributed by atoms with Crippen molar-refractivity contribution >= 4 is 23.4 Å². The smallest absolute Gasteiger partial charge is 0.225 e. The summed E-state index contributed by atoms with van der Waals surface area (Å²) in [5.41, 5.74) is 0. The molecule has 2 unspecified atom stereocenters. The number of hydrogen-bond donors (Lipinski definition) is 0. The van der Waals surface area contributed by atoms with Gasteiger partial charge in [-0.05, 0) is 36.6 Å². The van der Waals surface area contributed by atoms with Gasteiger partial charge in [-0.3, -0.25) is 4.57 Å². The predicted octanol–water partition coefficient (Wildman–Crippen LogP) is 3.34. The molecule has 2 rings (SSSR count). The van der Waals surface area contributed by atoms with Crippen LogP contribution in [-0.4, -0.2) is 25.8 Å². The number of hydrogen-bond acceptors (Lipinski definition) is 3. The van der Waals surface area contributed by atoms with Crippen molar-refractivity contribution in [2.75, 3.05) is 5.75 Å². The van der Waals surface area contributed by atoms with E-state index in [9.17, 15) is 0 Å². The van der Waals surface area contributed by atoms with E-state index in [2.05, 4.69) is 40.4 Å². The molecular formula is C11H18ClN3S. The maximum absolute atomic E-state index is 6.11. The lowest BCUT2D eigenvalue weighted by Crippen LogP contribution is -2.10. The second kappa shape index (κ2) is 5.41. The normalized spacial score (nSPS) is 25.2. The number of thioether (sulfide) groups is 1. The van der Waals surface area contributed by atoms with Crippen molar-refractivity contribution in [3.8, 4) is 0 Å².